The van der Waals surface area contributed by atoms with Crippen LogP contribution in [0.3, 0.4) is 0 Å². The molecular weight excluding hydrogens is 252 g/mol. The van der Waals surface area contributed by atoms with Gasteiger partial charge in [-0.25, -0.2) is 0 Å². The van der Waals surface area contributed by atoms with Gasteiger partial charge in [0.1, 0.15) is 5.54 Å². The van der Waals surface area contributed by atoms with Crippen molar-refractivity contribution in [2.24, 2.45) is 5.73 Å². The molecule has 98 valence electrons. The minimum absolute atomic E-state index is 0.119. The fourth-order valence-electron chi connectivity index (χ4n) is 2.35. The number of likely N-dealkylation sites (tertiary alicyclic amines) is 1. The molecule has 0 bridgehead atoms. The highest BCUT2D eigenvalue weighted by Crippen LogP contribution is 2.29. The van der Waals surface area contributed by atoms with Gasteiger partial charge in [0.15, 0.2) is 0 Å². The van der Waals surface area contributed by atoms with Gasteiger partial charge >= 0.3 is 5.97 Å². The fourth-order valence-corrected chi connectivity index (χ4v) is 2.54. The van der Waals surface area contributed by atoms with Gasteiger partial charge in [0.2, 0.25) is 0 Å². The average molecular weight is 269 g/mol. The van der Waals surface area contributed by atoms with Gasteiger partial charge in [0, 0.05) is 24.2 Å². The number of nitrogens with zero attached hydrogens (tertiary/aromatic N) is 1. The number of rotatable bonds is 3. The Balaban J connectivity index is 2.12. The highest BCUT2D eigenvalue weighted by molar-refractivity contribution is 6.30. The molecule has 0 saturated carbocycles. The summed E-state index contributed by atoms with van der Waals surface area (Å²) in [7, 11) is 0. The minimum atomic E-state index is -1.12. The molecule has 2 atom stereocenters. The zero-order chi connectivity index (χ0) is 13.3. The van der Waals surface area contributed by atoms with Crippen molar-refractivity contribution in [2.75, 3.05) is 13.1 Å². The lowest BCUT2D eigenvalue weighted by atomic mass is 10.0. The maximum absolute atomic E-state index is 11.1. The molecule has 1 aliphatic rings. The summed E-state index contributed by atoms with van der Waals surface area (Å²) in [5, 5.41) is 9.80. The van der Waals surface area contributed by atoms with Crippen molar-refractivity contribution in [2.45, 2.75) is 24.9 Å². The van der Waals surface area contributed by atoms with Crippen LogP contribution in [0.15, 0.2) is 24.3 Å². The Hall–Kier alpha value is -1.10. The fraction of sp³-hybridized carbons (Fsp3) is 0.462. The van der Waals surface area contributed by atoms with Crippen LogP contribution in [0.5, 0.6) is 0 Å². The predicted octanol–water partition coefficient (Wildman–Crippen LogP) is 1.89. The molecule has 18 heavy (non-hydrogen) atoms. The van der Waals surface area contributed by atoms with E-state index in [-0.39, 0.29) is 6.04 Å². The van der Waals surface area contributed by atoms with Gasteiger partial charge in [0.25, 0.3) is 0 Å². The summed E-state index contributed by atoms with van der Waals surface area (Å²) in [4.78, 5) is 13.2. The number of hydrogen-bond donors (Lipinski definition) is 2. The van der Waals surface area contributed by atoms with Gasteiger partial charge < -0.3 is 10.8 Å². The van der Waals surface area contributed by atoms with Crippen molar-refractivity contribution in [3.63, 3.8) is 0 Å². The minimum Gasteiger partial charge on any atom is -0.480 e. The smallest absolute Gasteiger partial charge is 0.325 e. The Bertz CT molecular complexity index is 466. The summed E-state index contributed by atoms with van der Waals surface area (Å²) in [6.45, 7) is 3.10. The second-order valence-electron chi connectivity index (χ2n) is 4.91. The van der Waals surface area contributed by atoms with Gasteiger partial charge in [-0.1, -0.05) is 23.7 Å². The number of carboxylic acid groups (broad SMARTS) is 1. The van der Waals surface area contributed by atoms with E-state index in [2.05, 4.69) is 4.90 Å². The molecular formula is C13H17ClN2O2. The van der Waals surface area contributed by atoms with E-state index in [1.807, 2.05) is 31.2 Å². The van der Waals surface area contributed by atoms with Crippen LogP contribution in [-0.2, 0) is 4.79 Å². The van der Waals surface area contributed by atoms with Crippen LogP contribution in [0.4, 0.5) is 0 Å². The molecule has 5 heteroatoms. The number of carbonyl (C=O) groups is 1. The quantitative estimate of drug-likeness (QED) is 0.879. The maximum atomic E-state index is 11.1. The Morgan fingerprint density at radius 2 is 2.33 bits per heavy atom. The number of aliphatic carboxylic acids is 1. The van der Waals surface area contributed by atoms with Crippen molar-refractivity contribution in [1.82, 2.24) is 4.90 Å². The van der Waals surface area contributed by atoms with E-state index in [1.54, 1.807) is 0 Å². The van der Waals surface area contributed by atoms with Crippen LogP contribution >= 0.6 is 11.6 Å². The van der Waals surface area contributed by atoms with Crippen LogP contribution in [0.1, 0.15) is 24.9 Å². The largest absolute Gasteiger partial charge is 0.480 e. The molecule has 0 aromatic heterocycles. The first-order chi connectivity index (χ1) is 8.42. The molecule has 0 aliphatic carbocycles. The van der Waals surface area contributed by atoms with Crippen LogP contribution in [0.2, 0.25) is 5.02 Å². The van der Waals surface area contributed by atoms with Crippen molar-refractivity contribution in [1.29, 1.82) is 0 Å². The number of benzene rings is 1. The van der Waals surface area contributed by atoms with E-state index in [9.17, 15) is 4.79 Å². The summed E-state index contributed by atoms with van der Waals surface area (Å²) in [6, 6.07) is 7.74. The molecule has 3 N–H and O–H groups in total. The SMILES string of the molecule is CC(c1cccc(Cl)c1)N1CCC(N)(C(=O)O)C1. The molecule has 2 rings (SSSR count). The standard InChI is InChI=1S/C13H17ClN2O2/c1-9(10-3-2-4-11(14)7-10)16-6-5-13(15,8-16)12(17)18/h2-4,7,9H,5-6,8,15H2,1H3,(H,17,18). The monoisotopic (exact) mass is 268 g/mol. The lowest BCUT2D eigenvalue weighted by molar-refractivity contribution is -0.142. The van der Waals surface area contributed by atoms with Crippen molar-refractivity contribution in [3.8, 4) is 0 Å². The first kappa shape index (κ1) is 13.3. The Morgan fingerprint density at radius 1 is 1.61 bits per heavy atom. The van der Waals surface area contributed by atoms with E-state index in [0.717, 1.165) is 5.56 Å². The predicted molar refractivity (Wildman–Crippen MR) is 70.6 cm³/mol. The third kappa shape index (κ3) is 2.51. The lowest BCUT2D eigenvalue weighted by Gasteiger charge is -2.26. The highest BCUT2D eigenvalue weighted by Gasteiger charge is 2.42. The molecule has 0 radical (unpaired) electrons. The molecule has 1 aliphatic heterocycles. The van der Waals surface area contributed by atoms with E-state index in [0.29, 0.717) is 24.5 Å². The van der Waals surface area contributed by atoms with E-state index in [1.165, 1.54) is 0 Å². The molecule has 2 unspecified atom stereocenters. The van der Waals surface area contributed by atoms with Crippen LogP contribution < -0.4 is 5.73 Å². The Kier molecular flexibility index (Phi) is 3.61. The highest BCUT2D eigenvalue weighted by atomic mass is 35.5. The van der Waals surface area contributed by atoms with Gasteiger partial charge in [-0.05, 0) is 31.0 Å². The van der Waals surface area contributed by atoms with Gasteiger partial charge in [-0.3, -0.25) is 9.69 Å². The van der Waals surface area contributed by atoms with E-state index < -0.39 is 11.5 Å². The molecule has 0 amide bonds. The Morgan fingerprint density at radius 3 is 2.89 bits per heavy atom. The Labute approximate surface area is 111 Å². The first-order valence-corrected chi connectivity index (χ1v) is 6.32. The summed E-state index contributed by atoms with van der Waals surface area (Å²) >= 11 is 5.96. The number of halogens is 1. The third-order valence-corrected chi connectivity index (χ3v) is 3.87. The second-order valence-corrected chi connectivity index (χ2v) is 5.35. The zero-order valence-corrected chi connectivity index (χ0v) is 11.0. The summed E-state index contributed by atoms with van der Waals surface area (Å²) in [5.74, 6) is -0.928. The summed E-state index contributed by atoms with van der Waals surface area (Å²) in [6.07, 6.45) is 0.479. The number of carboxylic acids is 1. The van der Waals surface area contributed by atoms with Crippen molar-refractivity contribution < 1.29 is 9.90 Å². The molecule has 1 aromatic carbocycles. The average Bonchev–Trinajstić information content (AvgIpc) is 2.72. The third-order valence-electron chi connectivity index (χ3n) is 3.64. The molecule has 1 fully saturated rings. The molecule has 1 heterocycles. The topological polar surface area (TPSA) is 66.6 Å². The molecule has 1 saturated heterocycles. The van der Waals surface area contributed by atoms with Gasteiger partial charge in [-0.15, -0.1) is 0 Å². The normalized spacial score (nSPS) is 26.2. The van der Waals surface area contributed by atoms with Gasteiger partial charge in [-0.2, -0.15) is 0 Å². The van der Waals surface area contributed by atoms with Crippen LogP contribution in [0, 0.1) is 0 Å². The molecule has 0 spiro atoms. The first-order valence-electron chi connectivity index (χ1n) is 5.94. The van der Waals surface area contributed by atoms with Crippen molar-refractivity contribution in [3.05, 3.63) is 34.9 Å². The molecule has 1 aromatic rings. The maximum Gasteiger partial charge on any atom is 0.325 e. The van der Waals surface area contributed by atoms with Crippen LogP contribution in [-0.4, -0.2) is 34.6 Å². The summed E-state index contributed by atoms with van der Waals surface area (Å²) in [5.41, 5.74) is 5.83. The second kappa shape index (κ2) is 4.88. The molecule has 4 nitrogen and oxygen atoms in total. The lowest BCUT2D eigenvalue weighted by Crippen LogP contribution is -2.50. The summed E-state index contributed by atoms with van der Waals surface area (Å²) < 4.78 is 0. The zero-order valence-electron chi connectivity index (χ0n) is 10.3. The van der Waals surface area contributed by atoms with Crippen LogP contribution in [0.25, 0.3) is 0 Å². The van der Waals surface area contributed by atoms with Crippen molar-refractivity contribution >= 4 is 17.6 Å². The number of hydrogen-bond acceptors (Lipinski definition) is 3. The van der Waals surface area contributed by atoms with E-state index in [4.69, 9.17) is 22.4 Å². The number of nitrogens with two attached hydrogens (primary N) is 1. The van der Waals surface area contributed by atoms with Gasteiger partial charge in [0.05, 0.1) is 0 Å². The van der Waals surface area contributed by atoms with E-state index >= 15 is 0 Å².